The van der Waals surface area contributed by atoms with Crippen LogP contribution in [0.2, 0.25) is 0 Å². The van der Waals surface area contributed by atoms with Gasteiger partial charge in [0.05, 0.1) is 6.61 Å². The number of carbonyl (C=O) groups excluding carboxylic acids is 1. The molecule has 4 nitrogen and oxygen atoms in total. The summed E-state index contributed by atoms with van der Waals surface area (Å²) >= 11 is 0. The number of benzene rings is 1. The van der Waals surface area contributed by atoms with E-state index in [1.54, 1.807) is 7.11 Å². The molecule has 0 heterocycles. The topological polar surface area (TPSA) is 47.6 Å². The number of nitrogens with one attached hydrogen (secondary N) is 1. The number of carbonyl (C=O) groups is 1. The average molecular weight is 321 g/mol. The summed E-state index contributed by atoms with van der Waals surface area (Å²) in [4.78, 5) is 12.6. The van der Waals surface area contributed by atoms with Gasteiger partial charge in [-0.05, 0) is 57.4 Å². The van der Waals surface area contributed by atoms with Gasteiger partial charge in [-0.2, -0.15) is 0 Å². The van der Waals surface area contributed by atoms with Gasteiger partial charge in [0.15, 0.2) is 0 Å². The number of hydrogen-bond acceptors (Lipinski definition) is 3. The van der Waals surface area contributed by atoms with Gasteiger partial charge in [-0.1, -0.05) is 26.2 Å². The third kappa shape index (κ3) is 5.24. The molecule has 0 radical (unpaired) electrons. The molecule has 0 fully saturated rings. The van der Waals surface area contributed by atoms with Crippen molar-refractivity contribution in [3.05, 3.63) is 23.3 Å². The number of hydrogen-bond donors (Lipinski definition) is 1. The Morgan fingerprint density at radius 1 is 1.17 bits per heavy atom. The number of unbranched alkanes of at least 4 members (excludes halogenated alkanes) is 2. The molecule has 1 amide bonds. The molecule has 0 unspecified atom stereocenters. The number of anilines is 1. The molecule has 0 aromatic heterocycles. The van der Waals surface area contributed by atoms with E-state index in [9.17, 15) is 4.79 Å². The van der Waals surface area contributed by atoms with E-state index < -0.39 is 5.60 Å². The van der Waals surface area contributed by atoms with Crippen LogP contribution in [0.5, 0.6) is 5.75 Å². The summed E-state index contributed by atoms with van der Waals surface area (Å²) in [6.45, 7) is 10.6. The number of methoxy groups -OCH3 is 1. The van der Waals surface area contributed by atoms with E-state index >= 15 is 0 Å². The highest BCUT2D eigenvalue weighted by Gasteiger charge is 2.32. The summed E-state index contributed by atoms with van der Waals surface area (Å²) < 4.78 is 11.1. The Balaban J connectivity index is 2.87. The van der Waals surface area contributed by atoms with Crippen LogP contribution in [0.25, 0.3) is 0 Å². The Morgan fingerprint density at radius 3 is 2.26 bits per heavy atom. The molecule has 1 N–H and O–H groups in total. The van der Waals surface area contributed by atoms with Crippen molar-refractivity contribution in [1.82, 2.24) is 0 Å². The van der Waals surface area contributed by atoms with E-state index in [0.29, 0.717) is 6.61 Å². The second-order valence-electron chi connectivity index (χ2n) is 6.22. The van der Waals surface area contributed by atoms with Gasteiger partial charge >= 0.3 is 0 Å². The molecule has 0 spiro atoms. The predicted octanol–water partition coefficient (Wildman–Crippen LogP) is 4.63. The van der Waals surface area contributed by atoms with Crippen LogP contribution in [-0.4, -0.2) is 25.2 Å². The van der Waals surface area contributed by atoms with E-state index in [1.165, 1.54) is 0 Å². The van der Waals surface area contributed by atoms with Crippen molar-refractivity contribution in [1.29, 1.82) is 0 Å². The van der Waals surface area contributed by atoms with Gasteiger partial charge in [0.25, 0.3) is 5.91 Å². The van der Waals surface area contributed by atoms with Crippen molar-refractivity contribution in [2.24, 2.45) is 0 Å². The lowest BCUT2D eigenvalue weighted by atomic mass is 9.96. The van der Waals surface area contributed by atoms with Crippen LogP contribution >= 0.6 is 0 Å². The molecule has 23 heavy (non-hydrogen) atoms. The van der Waals surface area contributed by atoms with E-state index in [4.69, 9.17) is 9.47 Å². The van der Waals surface area contributed by atoms with Crippen molar-refractivity contribution in [3.63, 3.8) is 0 Å². The van der Waals surface area contributed by atoms with Gasteiger partial charge in [0.2, 0.25) is 0 Å². The number of amides is 1. The molecule has 0 aliphatic heterocycles. The maximum atomic E-state index is 12.6. The summed E-state index contributed by atoms with van der Waals surface area (Å²) in [7, 11) is 1.60. The minimum absolute atomic E-state index is 0.0981. The first-order valence-electron chi connectivity index (χ1n) is 8.48. The minimum Gasteiger partial charge on any atom is -0.493 e. The molecular formula is C19H31NO3. The standard InChI is InChI=1S/C19H31NO3/c1-7-9-10-11-19(5,22-6)18(21)20-16-12-14(3)17(23-8-2)15(4)13-16/h12-13H,7-11H2,1-6H3,(H,20,21)/t19-/m0/s1. The predicted molar refractivity (Wildman–Crippen MR) is 95.3 cm³/mol. The normalized spacial score (nSPS) is 13.5. The molecule has 0 aliphatic carbocycles. The Kier molecular flexibility index (Phi) is 7.56. The number of rotatable bonds is 9. The SMILES string of the molecule is CCCCC[C@](C)(OC)C(=O)Nc1cc(C)c(OCC)c(C)c1. The minimum atomic E-state index is -0.796. The van der Waals surface area contributed by atoms with E-state index in [0.717, 1.165) is 48.2 Å². The second kappa shape index (κ2) is 8.92. The van der Waals surface area contributed by atoms with Gasteiger partial charge in [0.1, 0.15) is 11.4 Å². The third-order valence-electron chi connectivity index (χ3n) is 4.20. The molecular weight excluding hydrogens is 290 g/mol. The monoisotopic (exact) mass is 321 g/mol. The smallest absolute Gasteiger partial charge is 0.256 e. The van der Waals surface area contributed by atoms with Crippen molar-refractivity contribution in [2.45, 2.75) is 65.9 Å². The fraction of sp³-hybridized carbons (Fsp3) is 0.632. The molecule has 0 saturated heterocycles. The van der Waals surface area contributed by atoms with Crippen LogP contribution in [-0.2, 0) is 9.53 Å². The quantitative estimate of drug-likeness (QED) is 0.675. The lowest BCUT2D eigenvalue weighted by molar-refractivity contribution is -0.136. The molecule has 1 atom stereocenters. The summed E-state index contributed by atoms with van der Waals surface area (Å²) in [6, 6.07) is 3.88. The van der Waals surface area contributed by atoms with Crippen molar-refractivity contribution in [3.8, 4) is 5.75 Å². The Hall–Kier alpha value is -1.55. The first kappa shape index (κ1) is 19.5. The maximum Gasteiger partial charge on any atom is 0.256 e. The van der Waals surface area contributed by atoms with Crippen molar-refractivity contribution in [2.75, 3.05) is 19.0 Å². The molecule has 0 saturated carbocycles. The molecule has 1 aromatic rings. The van der Waals surface area contributed by atoms with Crippen molar-refractivity contribution < 1.29 is 14.3 Å². The van der Waals surface area contributed by atoms with Crippen LogP contribution in [0.3, 0.4) is 0 Å². The molecule has 0 bridgehead atoms. The Labute approximate surface area is 140 Å². The molecule has 0 aliphatic rings. The van der Waals surface area contributed by atoms with Crippen LogP contribution in [0, 0.1) is 13.8 Å². The van der Waals surface area contributed by atoms with Crippen LogP contribution < -0.4 is 10.1 Å². The zero-order valence-corrected chi connectivity index (χ0v) is 15.4. The maximum absolute atomic E-state index is 12.6. The average Bonchev–Trinajstić information content (AvgIpc) is 2.51. The number of ether oxygens (including phenoxy) is 2. The van der Waals surface area contributed by atoms with E-state index in [1.807, 2.05) is 39.8 Å². The van der Waals surface area contributed by atoms with Crippen LogP contribution in [0.15, 0.2) is 12.1 Å². The first-order valence-corrected chi connectivity index (χ1v) is 8.48. The summed E-state index contributed by atoms with van der Waals surface area (Å²) in [5, 5.41) is 2.99. The fourth-order valence-corrected chi connectivity index (χ4v) is 2.68. The van der Waals surface area contributed by atoms with Gasteiger partial charge in [0, 0.05) is 12.8 Å². The number of aryl methyl sites for hydroxylation is 2. The lowest BCUT2D eigenvalue weighted by Crippen LogP contribution is -2.42. The van der Waals surface area contributed by atoms with Gasteiger partial charge in [-0.15, -0.1) is 0 Å². The molecule has 130 valence electrons. The zero-order valence-electron chi connectivity index (χ0n) is 15.4. The molecule has 1 aromatic carbocycles. The second-order valence-corrected chi connectivity index (χ2v) is 6.22. The lowest BCUT2D eigenvalue weighted by Gasteiger charge is -2.27. The van der Waals surface area contributed by atoms with Crippen LogP contribution in [0.1, 0.15) is 57.6 Å². The summed E-state index contributed by atoms with van der Waals surface area (Å²) in [5.41, 5.74) is 2.03. The highest BCUT2D eigenvalue weighted by atomic mass is 16.5. The van der Waals surface area contributed by atoms with E-state index in [2.05, 4.69) is 12.2 Å². The Morgan fingerprint density at radius 2 is 1.78 bits per heavy atom. The highest BCUT2D eigenvalue weighted by molar-refractivity contribution is 5.97. The van der Waals surface area contributed by atoms with Gasteiger partial charge in [-0.25, -0.2) is 0 Å². The third-order valence-corrected chi connectivity index (χ3v) is 4.20. The molecule has 1 rings (SSSR count). The molecule has 4 heteroatoms. The zero-order chi connectivity index (χ0) is 17.5. The van der Waals surface area contributed by atoms with Gasteiger partial charge < -0.3 is 14.8 Å². The van der Waals surface area contributed by atoms with Crippen molar-refractivity contribution >= 4 is 11.6 Å². The Bertz CT molecular complexity index is 504. The van der Waals surface area contributed by atoms with Crippen LogP contribution in [0.4, 0.5) is 5.69 Å². The van der Waals surface area contributed by atoms with Gasteiger partial charge in [-0.3, -0.25) is 4.79 Å². The first-order chi connectivity index (χ1) is 10.9. The fourth-order valence-electron chi connectivity index (χ4n) is 2.68. The summed E-state index contributed by atoms with van der Waals surface area (Å²) in [6.07, 6.45) is 3.93. The van der Waals surface area contributed by atoms with E-state index in [-0.39, 0.29) is 5.91 Å². The largest absolute Gasteiger partial charge is 0.493 e. The highest BCUT2D eigenvalue weighted by Crippen LogP contribution is 2.28. The summed E-state index contributed by atoms with van der Waals surface area (Å²) in [5.74, 6) is 0.794.